The van der Waals surface area contributed by atoms with E-state index in [9.17, 15) is 0 Å². The maximum atomic E-state index is 2.29. The first kappa shape index (κ1) is 10.2. The van der Waals surface area contributed by atoms with Crippen molar-refractivity contribution in [3.8, 4) is 0 Å². The molecule has 0 unspecified atom stereocenters. The average molecular weight is 211 g/mol. The lowest BCUT2D eigenvalue weighted by molar-refractivity contribution is 1.43. The molecule has 0 nitrogen and oxygen atoms in total. The summed E-state index contributed by atoms with van der Waals surface area (Å²) in [5.74, 6) is 0. The number of rotatable bonds is 3. The standard InChI is InChI=1S/C14H15Si/c1-2-15(13-9-5-3-6-10-13)14-11-7-4-8-12-14/h3-12H,2H2,1H3/q+1. The lowest BCUT2D eigenvalue weighted by atomic mass is 10.4. The number of hydrogen-bond acceptors (Lipinski definition) is 0. The maximum absolute atomic E-state index is 2.29. The summed E-state index contributed by atoms with van der Waals surface area (Å²) in [6, 6.07) is 23.0. The van der Waals surface area contributed by atoms with Crippen molar-refractivity contribution in [2.75, 3.05) is 0 Å². The molecule has 0 fully saturated rings. The van der Waals surface area contributed by atoms with Gasteiger partial charge in [-0.25, -0.2) is 0 Å². The van der Waals surface area contributed by atoms with E-state index in [-0.39, 0.29) is 0 Å². The molecular formula is C14H15Si+. The third-order valence-corrected chi connectivity index (χ3v) is 5.37. The van der Waals surface area contributed by atoms with Gasteiger partial charge < -0.3 is 0 Å². The van der Waals surface area contributed by atoms with Crippen LogP contribution in [0.5, 0.6) is 0 Å². The van der Waals surface area contributed by atoms with Crippen LogP contribution in [0, 0.1) is 0 Å². The minimum atomic E-state index is -0.539. The molecule has 0 atom stereocenters. The third kappa shape index (κ3) is 2.36. The summed E-state index contributed by atoms with van der Waals surface area (Å²) >= 11 is 0. The Hall–Kier alpha value is -1.34. The molecule has 2 aromatic rings. The predicted octanol–water partition coefficient (Wildman–Crippen LogP) is 2.32. The molecule has 0 aliphatic carbocycles. The lowest BCUT2D eigenvalue weighted by Crippen LogP contribution is -2.41. The summed E-state index contributed by atoms with van der Waals surface area (Å²) in [5.41, 5.74) is 0. The van der Waals surface area contributed by atoms with Gasteiger partial charge in [-0.15, -0.1) is 0 Å². The van der Waals surface area contributed by atoms with Crippen molar-refractivity contribution in [2.45, 2.75) is 13.0 Å². The molecule has 74 valence electrons. The Morgan fingerprint density at radius 3 is 1.47 bits per heavy atom. The van der Waals surface area contributed by atoms with Crippen LogP contribution in [0.2, 0.25) is 6.04 Å². The zero-order chi connectivity index (χ0) is 10.5. The third-order valence-electron chi connectivity index (χ3n) is 2.60. The Balaban J connectivity index is 2.34. The van der Waals surface area contributed by atoms with E-state index in [0.29, 0.717) is 0 Å². The van der Waals surface area contributed by atoms with Crippen molar-refractivity contribution in [3.63, 3.8) is 0 Å². The molecule has 2 aromatic carbocycles. The van der Waals surface area contributed by atoms with Crippen molar-refractivity contribution in [1.29, 1.82) is 0 Å². The fourth-order valence-corrected chi connectivity index (χ4v) is 4.19. The molecule has 15 heavy (non-hydrogen) atoms. The van der Waals surface area contributed by atoms with Crippen molar-refractivity contribution in [1.82, 2.24) is 0 Å². The zero-order valence-electron chi connectivity index (χ0n) is 8.98. The maximum Gasteiger partial charge on any atom is 0.390 e. The molecule has 0 spiro atoms. The van der Waals surface area contributed by atoms with E-state index in [2.05, 4.69) is 67.6 Å². The number of hydrogen-bond donors (Lipinski definition) is 0. The van der Waals surface area contributed by atoms with Gasteiger partial charge in [0.15, 0.2) is 0 Å². The number of benzene rings is 2. The molecule has 0 aromatic heterocycles. The van der Waals surface area contributed by atoms with E-state index in [1.54, 1.807) is 0 Å². The van der Waals surface area contributed by atoms with Gasteiger partial charge in [-0.1, -0.05) is 36.4 Å². The van der Waals surface area contributed by atoms with Crippen LogP contribution in [0.25, 0.3) is 0 Å². The van der Waals surface area contributed by atoms with Gasteiger partial charge in [-0.3, -0.25) is 0 Å². The van der Waals surface area contributed by atoms with E-state index in [1.165, 1.54) is 16.4 Å². The van der Waals surface area contributed by atoms with Crippen LogP contribution in [-0.4, -0.2) is 8.80 Å². The van der Waals surface area contributed by atoms with Crippen molar-refractivity contribution < 1.29 is 0 Å². The highest BCUT2D eigenvalue weighted by atomic mass is 28.3. The second-order valence-corrected chi connectivity index (χ2v) is 6.38. The second-order valence-electron chi connectivity index (χ2n) is 3.56. The first-order valence-electron chi connectivity index (χ1n) is 5.38. The smallest absolute Gasteiger partial charge is 0.0621 e. The van der Waals surface area contributed by atoms with Gasteiger partial charge >= 0.3 is 8.80 Å². The van der Waals surface area contributed by atoms with Gasteiger partial charge in [0.1, 0.15) is 10.4 Å². The highest BCUT2D eigenvalue weighted by Crippen LogP contribution is 1.96. The minimum absolute atomic E-state index is 0.539. The second kappa shape index (κ2) is 4.94. The predicted molar refractivity (Wildman–Crippen MR) is 68.4 cm³/mol. The lowest BCUT2D eigenvalue weighted by Gasteiger charge is -1.99. The van der Waals surface area contributed by atoms with E-state index >= 15 is 0 Å². The van der Waals surface area contributed by atoms with Crippen LogP contribution in [-0.2, 0) is 0 Å². The Bertz CT molecular complexity index is 355. The quantitative estimate of drug-likeness (QED) is 0.684. The summed E-state index contributed by atoms with van der Waals surface area (Å²) < 4.78 is 0. The molecule has 2 rings (SSSR count). The molecule has 0 saturated heterocycles. The fourth-order valence-electron chi connectivity index (χ4n) is 1.85. The van der Waals surface area contributed by atoms with Crippen LogP contribution in [0.1, 0.15) is 6.92 Å². The van der Waals surface area contributed by atoms with E-state index in [0.717, 1.165) is 0 Å². The van der Waals surface area contributed by atoms with Crippen LogP contribution < -0.4 is 10.4 Å². The average Bonchev–Trinajstić information content (AvgIpc) is 2.33. The molecule has 0 aliphatic heterocycles. The normalized spacial score (nSPS) is 9.93. The van der Waals surface area contributed by atoms with Gasteiger partial charge in [0.2, 0.25) is 0 Å². The summed E-state index contributed by atoms with van der Waals surface area (Å²) in [4.78, 5) is 0. The SMILES string of the molecule is CC[Si+](c1ccccc1)c1ccccc1. The largest absolute Gasteiger partial charge is 0.390 e. The van der Waals surface area contributed by atoms with E-state index in [1.807, 2.05) is 0 Å². The molecule has 0 saturated carbocycles. The van der Waals surface area contributed by atoms with Crippen LogP contribution in [0.15, 0.2) is 60.7 Å². The Kier molecular flexibility index (Phi) is 3.35. The fraction of sp³-hybridized carbons (Fsp3) is 0.143. The molecule has 1 heteroatoms. The summed E-state index contributed by atoms with van der Waals surface area (Å²) in [7, 11) is -0.539. The first-order chi connectivity index (χ1) is 7.42. The highest BCUT2D eigenvalue weighted by molar-refractivity contribution is 6.85. The first-order valence-corrected chi connectivity index (χ1v) is 7.09. The van der Waals surface area contributed by atoms with Crippen molar-refractivity contribution in [2.24, 2.45) is 0 Å². The topological polar surface area (TPSA) is 0 Å². The Labute approximate surface area is 93.2 Å². The van der Waals surface area contributed by atoms with Gasteiger partial charge in [0.25, 0.3) is 0 Å². The van der Waals surface area contributed by atoms with Gasteiger partial charge in [-0.2, -0.15) is 0 Å². The molecule has 0 aliphatic rings. The summed E-state index contributed by atoms with van der Waals surface area (Å²) in [6.45, 7) is 2.29. The van der Waals surface area contributed by atoms with Crippen LogP contribution in [0.3, 0.4) is 0 Å². The molecule has 0 heterocycles. The summed E-state index contributed by atoms with van der Waals surface area (Å²) in [6.07, 6.45) is 0. The molecule has 0 radical (unpaired) electrons. The van der Waals surface area contributed by atoms with E-state index < -0.39 is 8.80 Å². The van der Waals surface area contributed by atoms with Crippen LogP contribution in [0.4, 0.5) is 0 Å². The molecule has 0 bridgehead atoms. The van der Waals surface area contributed by atoms with Crippen LogP contribution >= 0.6 is 0 Å². The monoisotopic (exact) mass is 211 g/mol. The summed E-state index contributed by atoms with van der Waals surface area (Å²) in [5, 5.41) is 3.02. The van der Waals surface area contributed by atoms with E-state index in [4.69, 9.17) is 0 Å². The van der Waals surface area contributed by atoms with Gasteiger partial charge in [0, 0.05) is 0 Å². The Morgan fingerprint density at radius 2 is 1.13 bits per heavy atom. The van der Waals surface area contributed by atoms with Crippen molar-refractivity contribution in [3.05, 3.63) is 60.7 Å². The Morgan fingerprint density at radius 1 is 0.733 bits per heavy atom. The van der Waals surface area contributed by atoms with Gasteiger partial charge in [0.05, 0.1) is 6.04 Å². The van der Waals surface area contributed by atoms with Crippen molar-refractivity contribution >= 4 is 19.2 Å². The molecule has 0 amide bonds. The molecule has 0 N–H and O–H groups in total. The molecular weight excluding hydrogens is 196 g/mol. The zero-order valence-corrected chi connectivity index (χ0v) is 9.98. The van der Waals surface area contributed by atoms with Gasteiger partial charge in [-0.05, 0) is 31.2 Å². The minimum Gasteiger partial charge on any atom is -0.0621 e. The highest BCUT2D eigenvalue weighted by Gasteiger charge is 2.29.